The number of aromatic hydroxyl groups is 1. The molecule has 0 saturated carbocycles. The Morgan fingerprint density at radius 2 is 1.85 bits per heavy atom. The largest absolute Gasteiger partial charge is 0.504 e. The van der Waals surface area contributed by atoms with Gasteiger partial charge >= 0.3 is 0 Å². The fourth-order valence-corrected chi connectivity index (χ4v) is 3.43. The Morgan fingerprint density at radius 3 is 2.65 bits per heavy atom. The van der Waals surface area contributed by atoms with Crippen molar-refractivity contribution in [1.29, 1.82) is 0 Å². The highest BCUT2D eigenvalue weighted by Gasteiger charge is 2.20. The van der Waals surface area contributed by atoms with E-state index in [1.54, 1.807) is 13.2 Å². The quantitative estimate of drug-likeness (QED) is 0.784. The van der Waals surface area contributed by atoms with E-state index in [1.165, 1.54) is 0 Å². The van der Waals surface area contributed by atoms with Crippen molar-refractivity contribution in [2.75, 3.05) is 20.2 Å². The van der Waals surface area contributed by atoms with Crippen molar-refractivity contribution in [3.05, 3.63) is 59.9 Å². The summed E-state index contributed by atoms with van der Waals surface area (Å²) in [6.07, 6.45) is 0.838. The minimum Gasteiger partial charge on any atom is -0.504 e. The third-order valence-electron chi connectivity index (χ3n) is 4.85. The number of hydrogen-bond donors (Lipinski definition) is 1. The molecular weight excluding hydrogens is 328 g/mol. The van der Waals surface area contributed by atoms with Crippen molar-refractivity contribution < 1.29 is 9.84 Å². The normalized spacial score (nSPS) is 14.7. The minimum absolute atomic E-state index is 0.226. The zero-order valence-corrected chi connectivity index (χ0v) is 14.8. The highest BCUT2D eigenvalue weighted by molar-refractivity contribution is 5.55. The van der Waals surface area contributed by atoms with Crippen LogP contribution in [0.1, 0.15) is 11.4 Å². The summed E-state index contributed by atoms with van der Waals surface area (Å²) in [4.78, 5) is 2.33. The Kier molecular flexibility index (Phi) is 4.58. The van der Waals surface area contributed by atoms with E-state index in [4.69, 9.17) is 4.74 Å². The number of benzene rings is 2. The van der Waals surface area contributed by atoms with Crippen LogP contribution in [0.5, 0.6) is 11.5 Å². The number of rotatable bonds is 4. The smallest absolute Gasteiger partial charge is 0.164 e. The second-order valence-corrected chi connectivity index (χ2v) is 6.45. The van der Waals surface area contributed by atoms with Gasteiger partial charge in [-0.1, -0.05) is 42.5 Å². The van der Waals surface area contributed by atoms with Crippen molar-refractivity contribution in [2.45, 2.75) is 19.5 Å². The highest BCUT2D eigenvalue weighted by Crippen LogP contribution is 2.30. The van der Waals surface area contributed by atoms with Gasteiger partial charge in [-0.15, -0.1) is 10.2 Å². The van der Waals surface area contributed by atoms with E-state index in [2.05, 4.69) is 31.8 Å². The first-order chi connectivity index (χ1) is 12.8. The predicted molar refractivity (Wildman–Crippen MR) is 99.1 cm³/mol. The zero-order chi connectivity index (χ0) is 17.9. The summed E-state index contributed by atoms with van der Waals surface area (Å²) in [5, 5.41) is 19.1. The van der Waals surface area contributed by atoms with Crippen molar-refractivity contribution in [3.8, 4) is 22.9 Å². The van der Waals surface area contributed by atoms with Crippen LogP contribution in [-0.2, 0) is 19.5 Å². The van der Waals surface area contributed by atoms with Crippen LogP contribution in [0, 0.1) is 0 Å². The molecule has 2 heterocycles. The van der Waals surface area contributed by atoms with Crippen LogP contribution < -0.4 is 4.74 Å². The van der Waals surface area contributed by atoms with Crippen molar-refractivity contribution in [3.63, 3.8) is 0 Å². The third kappa shape index (κ3) is 3.15. The fraction of sp³-hybridized carbons (Fsp3) is 0.300. The topological polar surface area (TPSA) is 63.4 Å². The van der Waals surface area contributed by atoms with Crippen molar-refractivity contribution in [1.82, 2.24) is 19.7 Å². The molecule has 134 valence electrons. The van der Waals surface area contributed by atoms with Crippen LogP contribution in [0.4, 0.5) is 0 Å². The number of aromatic nitrogens is 3. The van der Waals surface area contributed by atoms with Gasteiger partial charge in [-0.05, 0) is 6.07 Å². The molecule has 4 rings (SSSR count). The first kappa shape index (κ1) is 16.6. The summed E-state index contributed by atoms with van der Waals surface area (Å²) in [6.45, 7) is 3.27. The Labute approximate surface area is 152 Å². The average molecular weight is 350 g/mol. The number of methoxy groups -OCH3 is 1. The van der Waals surface area contributed by atoms with Crippen LogP contribution in [0.3, 0.4) is 0 Å². The van der Waals surface area contributed by atoms with Gasteiger partial charge in [0.2, 0.25) is 0 Å². The third-order valence-corrected chi connectivity index (χ3v) is 4.85. The number of nitrogens with zero attached hydrogens (tertiary/aromatic N) is 4. The zero-order valence-electron chi connectivity index (χ0n) is 14.8. The molecule has 0 atom stereocenters. The van der Waals surface area contributed by atoms with Crippen LogP contribution in [0.25, 0.3) is 11.4 Å². The number of phenols is 1. The van der Waals surface area contributed by atoms with E-state index in [-0.39, 0.29) is 5.75 Å². The maximum atomic E-state index is 10.3. The van der Waals surface area contributed by atoms with Crippen LogP contribution >= 0.6 is 0 Å². The number of phenolic OH excluding ortho intramolecular Hbond substituents is 1. The van der Waals surface area contributed by atoms with E-state index in [9.17, 15) is 5.11 Å². The van der Waals surface area contributed by atoms with Gasteiger partial charge in [0, 0.05) is 43.7 Å². The summed E-state index contributed by atoms with van der Waals surface area (Å²) in [6, 6.07) is 15.8. The Hall–Kier alpha value is -2.86. The van der Waals surface area contributed by atoms with Crippen LogP contribution in [-0.4, -0.2) is 45.0 Å². The average Bonchev–Trinajstić information content (AvgIpc) is 2.98. The van der Waals surface area contributed by atoms with Crippen molar-refractivity contribution >= 4 is 0 Å². The standard InChI is InChI=1S/C20H22N4O2/c1-26-17-9-5-8-16(19(17)25)14-23-11-10-18-21-22-20(24(18)13-12-23)15-6-3-2-4-7-15/h2-9,25H,10-14H2,1H3. The van der Waals surface area contributed by atoms with E-state index in [0.717, 1.165) is 48.8 Å². The molecule has 26 heavy (non-hydrogen) atoms. The van der Waals surface area contributed by atoms with E-state index >= 15 is 0 Å². The predicted octanol–water partition coefficient (Wildman–Crippen LogP) is 2.72. The summed E-state index contributed by atoms with van der Waals surface area (Å²) in [5.41, 5.74) is 1.97. The van der Waals surface area contributed by atoms with Gasteiger partial charge in [0.15, 0.2) is 17.3 Å². The summed E-state index contributed by atoms with van der Waals surface area (Å²) in [7, 11) is 1.57. The summed E-state index contributed by atoms with van der Waals surface area (Å²) >= 11 is 0. The van der Waals surface area contributed by atoms with E-state index < -0.39 is 0 Å². The molecule has 0 fully saturated rings. The Bertz CT molecular complexity index is 892. The molecule has 3 aromatic rings. The maximum absolute atomic E-state index is 10.3. The number of hydrogen-bond acceptors (Lipinski definition) is 5. The lowest BCUT2D eigenvalue weighted by Gasteiger charge is -2.20. The molecule has 1 aliphatic rings. The summed E-state index contributed by atoms with van der Waals surface area (Å²) < 4.78 is 7.42. The van der Waals surface area contributed by atoms with E-state index in [1.807, 2.05) is 30.3 Å². The molecule has 0 unspecified atom stereocenters. The molecule has 6 nitrogen and oxygen atoms in total. The SMILES string of the molecule is COc1cccc(CN2CCc3nnc(-c4ccccc4)n3CC2)c1O. The molecule has 0 bridgehead atoms. The van der Waals surface area contributed by atoms with Gasteiger partial charge in [-0.3, -0.25) is 4.90 Å². The van der Waals surface area contributed by atoms with E-state index in [0.29, 0.717) is 12.3 Å². The number of ether oxygens (including phenoxy) is 1. The molecule has 1 aliphatic heterocycles. The molecule has 1 aromatic heterocycles. The monoisotopic (exact) mass is 350 g/mol. The van der Waals surface area contributed by atoms with Crippen molar-refractivity contribution in [2.24, 2.45) is 0 Å². The molecule has 6 heteroatoms. The van der Waals surface area contributed by atoms with Gasteiger partial charge < -0.3 is 14.4 Å². The molecule has 0 aliphatic carbocycles. The first-order valence-electron chi connectivity index (χ1n) is 8.81. The lowest BCUT2D eigenvalue weighted by molar-refractivity contribution is 0.265. The van der Waals surface area contributed by atoms with Gasteiger partial charge in [-0.25, -0.2) is 0 Å². The number of para-hydroxylation sites is 1. The molecule has 0 amide bonds. The Morgan fingerprint density at radius 1 is 1.00 bits per heavy atom. The molecule has 0 radical (unpaired) electrons. The maximum Gasteiger partial charge on any atom is 0.164 e. The van der Waals surface area contributed by atoms with Gasteiger partial charge in [0.05, 0.1) is 7.11 Å². The fourth-order valence-electron chi connectivity index (χ4n) is 3.43. The highest BCUT2D eigenvalue weighted by atomic mass is 16.5. The Balaban J connectivity index is 1.52. The second kappa shape index (κ2) is 7.17. The van der Waals surface area contributed by atoms with Crippen LogP contribution in [0.2, 0.25) is 0 Å². The lowest BCUT2D eigenvalue weighted by Crippen LogP contribution is -2.26. The second-order valence-electron chi connectivity index (χ2n) is 6.45. The molecule has 1 N–H and O–H groups in total. The number of fused-ring (bicyclic) bond motifs is 1. The molecule has 2 aromatic carbocycles. The van der Waals surface area contributed by atoms with Gasteiger partial charge in [-0.2, -0.15) is 0 Å². The first-order valence-corrected chi connectivity index (χ1v) is 8.81. The molecular formula is C20H22N4O2. The van der Waals surface area contributed by atoms with Crippen LogP contribution in [0.15, 0.2) is 48.5 Å². The van der Waals surface area contributed by atoms with Gasteiger partial charge in [0.25, 0.3) is 0 Å². The molecule has 0 saturated heterocycles. The van der Waals surface area contributed by atoms with Gasteiger partial charge in [0.1, 0.15) is 5.82 Å². The summed E-state index contributed by atoms with van der Waals surface area (Å²) in [5.74, 6) is 2.68. The molecule has 0 spiro atoms. The minimum atomic E-state index is 0.226. The lowest BCUT2D eigenvalue weighted by atomic mass is 10.1.